The highest BCUT2D eigenvalue weighted by Gasteiger charge is 2.36. The summed E-state index contributed by atoms with van der Waals surface area (Å²) < 4.78 is 54.2. The molecule has 1 aromatic carbocycles. The molecular formula is C24H30F4N6O2. The van der Waals surface area contributed by atoms with Crippen LogP contribution in [0.4, 0.5) is 29.2 Å². The van der Waals surface area contributed by atoms with Crippen LogP contribution in [0.5, 0.6) is 0 Å². The largest absolute Gasteiger partial charge is 0.416 e. The molecule has 2 heterocycles. The van der Waals surface area contributed by atoms with Crippen LogP contribution in [-0.2, 0) is 17.5 Å². The number of nitrogens with two attached hydrogens (primary N) is 1. The van der Waals surface area contributed by atoms with E-state index in [2.05, 4.69) is 15.3 Å². The molecule has 0 bridgehead atoms. The number of aromatic nitrogens is 2. The van der Waals surface area contributed by atoms with E-state index in [1.807, 2.05) is 4.90 Å². The minimum Gasteiger partial charge on any atom is -0.396 e. The van der Waals surface area contributed by atoms with Gasteiger partial charge in [0.2, 0.25) is 11.7 Å². The number of benzene rings is 1. The average molecular weight is 511 g/mol. The number of hydrogen-bond acceptors (Lipinski definition) is 7. The molecule has 12 heteroatoms. The first kappa shape index (κ1) is 26.1. The zero-order chi connectivity index (χ0) is 25.9. The third-order valence-electron chi connectivity index (χ3n) is 6.93. The number of hydrogen-bond donors (Lipinski definition) is 3. The summed E-state index contributed by atoms with van der Waals surface area (Å²) in [6.45, 7) is 1.73. The molecule has 0 radical (unpaired) electrons. The first-order valence-electron chi connectivity index (χ1n) is 11.9. The van der Waals surface area contributed by atoms with Gasteiger partial charge < -0.3 is 21.1 Å². The molecule has 0 spiro atoms. The number of anilines is 2. The van der Waals surface area contributed by atoms with Crippen molar-refractivity contribution in [2.45, 2.75) is 44.4 Å². The van der Waals surface area contributed by atoms with Crippen molar-refractivity contribution in [3.8, 4) is 0 Å². The zero-order valence-corrected chi connectivity index (χ0v) is 19.8. The second-order valence-corrected chi connectivity index (χ2v) is 9.67. The Bertz CT molecular complexity index is 1050. The van der Waals surface area contributed by atoms with Crippen LogP contribution in [0.3, 0.4) is 0 Å². The van der Waals surface area contributed by atoms with E-state index in [0.29, 0.717) is 31.5 Å². The minimum atomic E-state index is -4.42. The van der Waals surface area contributed by atoms with Crippen molar-refractivity contribution < 1.29 is 27.5 Å². The number of rotatable bonds is 10. The predicted molar refractivity (Wildman–Crippen MR) is 126 cm³/mol. The monoisotopic (exact) mass is 510 g/mol. The van der Waals surface area contributed by atoms with Gasteiger partial charge in [-0.2, -0.15) is 17.6 Å². The fraction of sp³-hybridized carbons (Fsp3) is 0.542. The molecule has 36 heavy (non-hydrogen) atoms. The Hall–Kier alpha value is -2.99. The van der Waals surface area contributed by atoms with Crippen molar-refractivity contribution in [3.63, 3.8) is 0 Å². The Morgan fingerprint density at radius 1 is 1.19 bits per heavy atom. The van der Waals surface area contributed by atoms with E-state index in [1.54, 1.807) is 4.90 Å². The summed E-state index contributed by atoms with van der Waals surface area (Å²) in [6, 6.07) is 4.88. The van der Waals surface area contributed by atoms with Gasteiger partial charge in [-0.25, -0.2) is 9.97 Å². The Kier molecular flexibility index (Phi) is 7.65. The molecular weight excluding hydrogens is 480 g/mol. The molecule has 1 saturated heterocycles. The van der Waals surface area contributed by atoms with Crippen LogP contribution >= 0.6 is 0 Å². The van der Waals surface area contributed by atoms with Gasteiger partial charge in [-0.05, 0) is 56.5 Å². The second-order valence-electron chi connectivity index (χ2n) is 9.67. The molecule has 1 aliphatic carbocycles. The molecule has 2 fully saturated rings. The molecule has 8 nitrogen and oxygen atoms in total. The quantitative estimate of drug-likeness (QED) is 0.422. The maximum Gasteiger partial charge on any atom is 0.416 e. The van der Waals surface area contributed by atoms with Crippen LogP contribution in [0.15, 0.2) is 30.6 Å². The van der Waals surface area contributed by atoms with E-state index in [-0.39, 0.29) is 43.9 Å². The van der Waals surface area contributed by atoms with Crippen LogP contribution in [0.1, 0.15) is 36.8 Å². The summed E-state index contributed by atoms with van der Waals surface area (Å²) in [5.41, 5.74) is 4.65. The number of carbonyl (C=O) groups is 1. The third kappa shape index (κ3) is 6.22. The lowest BCUT2D eigenvalue weighted by Crippen LogP contribution is -2.47. The fourth-order valence-electron chi connectivity index (χ4n) is 4.51. The van der Waals surface area contributed by atoms with E-state index in [0.717, 1.165) is 25.0 Å². The molecule has 4 rings (SSSR count). The first-order chi connectivity index (χ1) is 17.1. The van der Waals surface area contributed by atoms with Crippen molar-refractivity contribution in [1.29, 1.82) is 0 Å². The average Bonchev–Trinajstić information content (AvgIpc) is 3.68. The molecule has 2 aliphatic rings. The number of primary amides is 1. The number of aliphatic hydroxyl groups excluding tert-OH is 1. The summed E-state index contributed by atoms with van der Waals surface area (Å²) in [7, 11) is 0. The zero-order valence-electron chi connectivity index (χ0n) is 19.8. The van der Waals surface area contributed by atoms with Gasteiger partial charge in [0.1, 0.15) is 6.33 Å². The second kappa shape index (κ2) is 10.6. The third-order valence-corrected chi connectivity index (χ3v) is 6.93. The Labute approximate surface area is 206 Å². The highest BCUT2D eigenvalue weighted by Crippen LogP contribution is 2.36. The van der Waals surface area contributed by atoms with E-state index in [1.165, 1.54) is 18.5 Å². The van der Waals surface area contributed by atoms with Crippen molar-refractivity contribution in [3.05, 3.63) is 47.5 Å². The molecule has 196 valence electrons. The van der Waals surface area contributed by atoms with Gasteiger partial charge in [0.05, 0.1) is 18.7 Å². The Balaban J connectivity index is 1.45. The van der Waals surface area contributed by atoms with Gasteiger partial charge in [0.15, 0.2) is 11.6 Å². The number of piperidine rings is 1. The SMILES string of the molecule is NC(=O)CN1CCC(CO)(CNc2ncnc(N(Cc3ccc(C(F)(F)F)cc3)C3CC3)c2F)CC1. The molecule has 1 aliphatic heterocycles. The van der Waals surface area contributed by atoms with Crippen molar-refractivity contribution in [2.75, 3.05) is 43.0 Å². The number of aliphatic hydroxyl groups is 1. The molecule has 0 unspecified atom stereocenters. The van der Waals surface area contributed by atoms with Crippen LogP contribution in [-0.4, -0.2) is 64.7 Å². The van der Waals surface area contributed by atoms with E-state index >= 15 is 4.39 Å². The molecule has 1 amide bonds. The predicted octanol–water partition coefficient (Wildman–Crippen LogP) is 2.78. The van der Waals surface area contributed by atoms with Gasteiger partial charge >= 0.3 is 6.18 Å². The standard InChI is InChI=1S/C24H30F4N6O2/c25-20-21(30-13-23(14-35)7-9-33(10-8-23)12-19(29)36)31-15-32-22(20)34(18-5-6-18)11-16-1-3-17(4-2-16)24(26,27)28/h1-4,15,18,35H,5-14H2,(H2,29,36)(H,30,31,32). The summed E-state index contributed by atoms with van der Waals surface area (Å²) in [6.07, 6.45) is -0.288. The lowest BCUT2D eigenvalue weighted by molar-refractivity contribution is -0.137. The molecule has 0 atom stereocenters. The number of alkyl halides is 3. The normalized spacial score (nSPS) is 18.1. The Morgan fingerprint density at radius 2 is 1.86 bits per heavy atom. The number of nitrogens with one attached hydrogen (secondary N) is 1. The smallest absolute Gasteiger partial charge is 0.396 e. The van der Waals surface area contributed by atoms with E-state index in [9.17, 15) is 23.1 Å². The van der Waals surface area contributed by atoms with Gasteiger partial charge in [0, 0.05) is 24.5 Å². The van der Waals surface area contributed by atoms with Gasteiger partial charge in [-0.3, -0.25) is 9.69 Å². The van der Waals surface area contributed by atoms with E-state index in [4.69, 9.17) is 5.73 Å². The topological polar surface area (TPSA) is 108 Å². The van der Waals surface area contributed by atoms with E-state index < -0.39 is 28.9 Å². The number of carbonyl (C=O) groups excluding carboxylic acids is 1. The van der Waals surface area contributed by atoms with Crippen LogP contribution in [0.2, 0.25) is 0 Å². The summed E-state index contributed by atoms with van der Waals surface area (Å²) in [5, 5.41) is 13.1. The van der Waals surface area contributed by atoms with Crippen LogP contribution < -0.4 is 16.0 Å². The number of halogens is 4. The number of amides is 1. The van der Waals surface area contributed by atoms with Gasteiger partial charge in [0.25, 0.3) is 0 Å². The highest BCUT2D eigenvalue weighted by molar-refractivity contribution is 5.75. The van der Waals surface area contributed by atoms with Crippen LogP contribution in [0.25, 0.3) is 0 Å². The lowest BCUT2D eigenvalue weighted by Gasteiger charge is -2.40. The molecule has 2 aromatic rings. The Morgan fingerprint density at radius 3 is 2.42 bits per heavy atom. The van der Waals surface area contributed by atoms with Gasteiger partial charge in [-0.1, -0.05) is 12.1 Å². The summed E-state index contributed by atoms with van der Waals surface area (Å²) in [4.78, 5) is 23.0. The number of nitrogens with zero attached hydrogens (tertiary/aromatic N) is 4. The summed E-state index contributed by atoms with van der Waals surface area (Å²) in [5.74, 6) is -0.957. The highest BCUT2D eigenvalue weighted by atomic mass is 19.4. The summed E-state index contributed by atoms with van der Waals surface area (Å²) >= 11 is 0. The van der Waals surface area contributed by atoms with Crippen LogP contribution in [0, 0.1) is 11.2 Å². The van der Waals surface area contributed by atoms with Gasteiger partial charge in [-0.15, -0.1) is 0 Å². The lowest BCUT2D eigenvalue weighted by atomic mass is 9.79. The first-order valence-corrected chi connectivity index (χ1v) is 11.9. The van der Waals surface area contributed by atoms with Crippen molar-refractivity contribution >= 4 is 17.5 Å². The maximum atomic E-state index is 15.5. The minimum absolute atomic E-state index is 0.00506. The van der Waals surface area contributed by atoms with Crippen molar-refractivity contribution in [1.82, 2.24) is 14.9 Å². The molecule has 1 saturated carbocycles. The molecule has 1 aromatic heterocycles. The van der Waals surface area contributed by atoms with Crippen molar-refractivity contribution in [2.24, 2.45) is 11.1 Å². The number of likely N-dealkylation sites (tertiary alicyclic amines) is 1. The maximum absolute atomic E-state index is 15.5. The fourth-order valence-corrected chi connectivity index (χ4v) is 4.51. The molecule has 4 N–H and O–H groups in total.